The van der Waals surface area contributed by atoms with Crippen molar-refractivity contribution in [2.24, 2.45) is 0 Å². The molecule has 0 radical (unpaired) electrons. The Labute approximate surface area is 188 Å². The van der Waals surface area contributed by atoms with Crippen LogP contribution < -0.4 is 0 Å². The number of rotatable bonds is 4. The first-order valence-corrected chi connectivity index (χ1v) is 13.0. The zero-order valence-corrected chi connectivity index (χ0v) is 20.4. The molecule has 0 amide bonds. The first-order valence-electron chi connectivity index (χ1n) is 9.34. The second kappa shape index (κ2) is 10.5. The summed E-state index contributed by atoms with van der Waals surface area (Å²) in [4.78, 5) is 0. The molecular weight excluding hydrogens is 462 g/mol. The van der Waals surface area contributed by atoms with Crippen molar-refractivity contribution in [3.05, 3.63) is 114 Å². The zero-order chi connectivity index (χ0) is 17.9. The van der Waals surface area contributed by atoms with Gasteiger partial charge in [0.2, 0.25) is 0 Å². The van der Waals surface area contributed by atoms with Crippen molar-refractivity contribution in [2.75, 3.05) is 0 Å². The fraction of sp³-hybridized carbons (Fsp3) is 0.160. The second-order valence-corrected chi connectivity index (χ2v) is 13.1. The van der Waals surface area contributed by atoms with Gasteiger partial charge in [-0.25, -0.2) is 0 Å². The summed E-state index contributed by atoms with van der Waals surface area (Å²) in [5.74, 6) is 0. The molecule has 0 fully saturated rings. The molecule has 2 aromatic rings. The van der Waals surface area contributed by atoms with E-state index in [1.54, 1.807) is 9.77 Å². The molecule has 28 heavy (non-hydrogen) atoms. The van der Waals surface area contributed by atoms with Crippen molar-refractivity contribution in [1.82, 2.24) is 0 Å². The molecular formula is C25H26Cl2Zr. The van der Waals surface area contributed by atoms with Gasteiger partial charge in [-0.15, -0.1) is 24.8 Å². The maximum atomic E-state index is 2.36. The molecule has 2 aliphatic carbocycles. The number of hydrogen-bond acceptors (Lipinski definition) is 0. The number of halogens is 2. The molecule has 0 N–H and O–H groups in total. The molecule has 144 valence electrons. The van der Waals surface area contributed by atoms with E-state index in [1.165, 1.54) is 22.3 Å². The summed E-state index contributed by atoms with van der Waals surface area (Å²) in [7, 11) is 0. The van der Waals surface area contributed by atoms with E-state index in [4.69, 9.17) is 0 Å². The summed E-state index contributed by atoms with van der Waals surface area (Å²) in [6.45, 7) is 4.62. The second-order valence-electron chi connectivity index (χ2n) is 7.02. The molecule has 0 unspecified atom stereocenters. The van der Waals surface area contributed by atoms with Crippen LogP contribution in [0.25, 0.3) is 0 Å². The summed E-state index contributed by atoms with van der Waals surface area (Å²) in [5.41, 5.74) is 5.84. The van der Waals surface area contributed by atoms with Crippen LogP contribution in [0.5, 0.6) is 0 Å². The van der Waals surface area contributed by atoms with Crippen molar-refractivity contribution in [3.63, 3.8) is 0 Å². The normalized spacial score (nSPS) is 14.8. The first-order chi connectivity index (χ1) is 12.8. The van der Waals surface area contributed by atoms with Crippen molar-refractivity contribution in [3.8, 4) is 0 Å². The summed E-state index contributed by atoms with van der Waals surface area (Å²) in [5, 5.41) is 0. The summed E-state index contributed by atoms with van der Waals surface area (Å²) >= 11 is -2.22. The molecule has 0 spiro atoms. The average Bonchev–Trinajstić information content (AvgIpc) is 3.29. The Kier molecular flexibility index (Phi) is 8.63. The quantitative estimate of drug-likeness (QED) is 0.427. The maximum Gasteiger partial charge on any atom is -0.147 e. The Morgan fingerprint density at radius 2 is 1.04 bits per heavy atom. The van der Waals surface area contributed by atoms with E-state index in [-0.39, 0.29) is 24.8 Å². The summed E-state index contributed by atoms with van der Waals surface area (Å²) in [6, 6.07) is 22.2. The number of allylic oxidation sites excluding steroid dienone is 8. The monoisotopic (exact) mass is 486 g/mol. The van der Waals surface area contributed by atoms with Gasteiger partial charge in [-0.2, -0.15) is 0 Å². The van der Waals surface area contributed by atoms with Crippen LogP contribution in [-0.2, 0) is 21.3 Å². The van der Waals surface area contributed by atoms with E-state index in [2.05, 4.69) is 98.8 Å². The van der Waals surface area contributed by atoms with E-state index in [1.807, 2.05) is 0 Å². The SMILES string of the molecule is CC1=[C]([Zr]([C]2=C(C)C=CC2)=[C](c2ccccc2)c2ccccc2)CC=C1.Cl.Cl. The van der Waals surface area contributed by atoms with Crippen molar-refractivity contribution in [2.45, 2.75) is 26.7 Å². The molecule has 3 heteroatoms. The molecule has 0 nitrogen and oxygen atoms in total. The molecule has 0 aliphatic heterocycles. The molecule has 0 bridgehead atoms. The van der Waals surface area contributed by atoms with E-state index in [9.17, 15) is 0 Å². The minimum absolute atomic E-state index is 0. The number of hydrogen-bond donors (Lipinski definition) is 0. The van der Waals surface area contributed by atoms with Crippen LogP contribution in [0.1, 0.15) is 37.8 Å². The van der Waals surface area contributed by atoms with Crippen LogP contribution in [-0.4, -0.2) is 3.21 Å². The standard InChI is InChI=1S/C13H10.2C6H7.2ClH.Zr/c1-3-7-12(8-4-1)11-13-9-5-2-6-10-13;2*1-6-4-2-3-5-6;;;/h1-10H;2*2,4H,3H2,1H3;2*1H;. The molecule has 0 saturated heterocycles. The molecule has 0 heterocycles. The predicted octanol–water partition coefficient (Wildman–Crippen LogP) is 7.19. The van der Waals surface area contributed by atoms with Crippen molar-refractivity contribution < 1.29 is 21.3 Å². The van der Waals surface area contributed by atoms with Gasteiger partial charge < -0.3 is 0 Å². The van der Waals surface area contributed by atoms with Crippen LogP contribution in [0.4, 0.5) is 0 Å². The maximum absolute atomic E-state index is 2.36. The fourth-order valence-corrected chi connectivity index (χ4v) is 12.5. The Morgan fingerprint density at radius 3 is 1.36 bits per heavy atom. The summed E-state index contributed by atoms with van der Waals surface area (Å²) in [6.07, 6.45) is 11.7. The fourth-order valence-electron chi connectivity index (χ4n) is 3.98. The minimum Gasteiger partial charge on any atom is -0.147 e. The van der Waals surface area contributed by atoms with E-state index >= 15 is 0 Å². The van der Waals surface area contributed by atoms with Gasteiger partial charge in [-0.3, -0.25) is 0 Å². The van der Waals surface area contributed by atoms with Gasteiger partial charge in [0, 0.05) is 0 Å². The van der Waals surface area contributed by atoms with Gasteiger partial charge >= 0.3 is 165 Å². The predicted molar refractivity (Wildman–Crippen MR) is 124 cm³/mol. The largest absolute Gasteiger partial charge is 0.147 e. The molecule has 2 aromatic carbocycles. The smallest absolute Gasteiger partial charge is 0.147 e. The Morgan fingerprint density at radius 1 is 0.643 bits per heavy atom. The van der Waals surface area contributed by atoms with E-state index in [0.29, 0.717) is 0 Å². The van der Waals surface area contributed by atoms with E-state index in [0.717, 1.165) is 12.8 Å². The first kappa shape index (κ1) is 23.0. The Balaban J connectivity index is 0.00000140. The minimum atomic E-state index is -2.22. The average molecular weight is 489 g/mol. The Bertz CT molecular complexity index is 898. The van der Waals surface area contributed by atoms with Crippen LogP contribution in [0.2, 0.25) is 0 Å². The third-order valence-corrected chi connectivity index (χ3v) is 13.9. The van der Waals surface area contributed by atoms with E-state index < -0.39 is 21.3 Å². The molecule has 0 atom stereocenters. The van der Waals surface area contributed by atoms with Crippen LogP contribution in [0.3, 0.4) is 0 Å². The number of benzene rings is 2. The van der Waals surface area contributed by atoms with Gasteiger partial charge in [0.1, 0.15) is 0 Å². The van der Waals surface area contributed by atoms with Crippen molar-refractivity contribution in [1.29, 1.82) is 0 Å². The van der Waals surface area contributed by atoms with Gasteiger partial charge in [-0.05, 0) is 0 Å². The Hall–Kier alpha value is -1.27. The molecule has 4 rings (SSSR count). The summed E-state index contributed by atoms with van der Waals surface area (Å²) < 4.78 is 5.12. The van der Waals surface area contributed by atoms with Gasteiger partial charge in [0.05, 0.1) is 0 Å². The molecule has 2 aliphatic rings. The van der Waals surface area contributed by atoms with Crippen LogP contribution >= 0.6 is 24.8 Å². The van der Waals surface area contributed by atoms with Gasteiger partial charge in [0.15, 0.2) is 0 Å². The van der Waals surface area contributed by atoms with Gasteiger partial charge in [0.25, 0.3) is 0 Å². The topological polar surface area (TPSA) is 0 Å². The van der Waals surface area contributed by atoms with Crippen LogP contribution in [0, 0.1) is 0 Å². The van der Waals surface area contributed by atoms with Crippen molar-refractivity contribution >= 4 is 28.0 Å². The third kappa shape index (κ3) is 4.65. The zero-order valence-electron chi connectivity index (χ0n) is 16.3. The molecule has 0 saturated carbocycles. The van der Waals surface area contributed by atoms with Gasteiger partial charge in [-0.1, -0.05) is 0 Å². The molecule has 0 aromatic heterocycles. The third-order valence-electron chi connectivity index (χ3n) is 5.31. The van der Waals surface area contributed by atoms with Crippen LogP contribution in [0.15, 0.2) is 103 Å².